The maximum atomic E-state index is 9.34. The van der Waals surface area contributed by atoms with E-state index in [1.807, 2.05) is 18.2 Å². The van der Waals surface area contributed by atoms with Crippen molar-refractivity contribution in [2.24, 2.45) is 0 Å². The van der Waals surface area contributed by atoms with E-state index in [1.165, 1.54) is 0 Å². The van der Waals surface area contributed by atoms with E-state index in [1.54, 1.807) is 0 Å². The fourth-order valence-corrected chi connectivity index (χ4v) is 3.17. The third-order valence-corrected chi connectivity index (χ3v) is 4.61. The van der Waals surface area contributed by atoms with Crippen molar-refractivity contribution in [2.75, 3.05) is 13.2 Å². The Bertz CT molecular complexity index is 687. The zero-order chi connectivity index (χ0) is 16.9. The van der Waals surface area contributed by atoms with Gasteiger partial charge in [0.05, 0.1) is 12.3 Å². The SMILES string of the molecule is CCCCc1nc(Cl)c(CN2CCOc3ccc(CO)cc3C2)[nH]1. The van der Waals surface area contributed by atoms with Crippen LogP contribution in [0, 0.1) is 0 Å². The molecule has 1 aromatic heterocycles. The summed E-state index contributed by atoms with van der Waals surface area (Å²) in [5, 5.41) is 9.90. The third kappa shape index (κ3) is 4.09. The van der Waals surface area contributed by atoms with Crippen LogP contribution in [0.15, 0.2) is 18.2 Å². The number of H-pyrrole nitrogens is 1. The van der Waals surface area contributed by atoms with Gasteiger partial charge in [0.2, 0.25) is 0 Å². The molecule has 0 atom stereocenters. The van der Waals surface area contributed by atoms with Crippen molar-refractivity contribution in [1.29, 1.82) is 0 Å². The molecule has 2 heterocycles. The Morgan fingerprint density at radius 2 is 2.29 bits per heavy atom. The molecule has 1 aliphatic heterocycles. The molecule has 0 saturated carbocycles. The summed E-state index contributed by atoms with van der Waals surface area (Å²) in [7, 11) is 0. The predicted octanol–water partition coefficient (Wildman–Crippen LogP) is 3.29. The zero-order valence-corrected chi connectivity index (χ0v) is 14.8. The number of aliphatic hydroxyl groups excluding tert-OH is 1. The Morgan fingerprint density at radius 3 is 3.08 bits per heavy atom. The Labute approximate surface area is 147 Å². The Morgan fingerprint density at radius 1 is 1.42 bits per heavy atom. The average molecular weight is 350 g/mol. The highest BCUT2D eigenvalue weighted by molar-refractivity contribution is 6.30. The van der Waals surface area contributed by atoms with Crippen LogP contribution in [0.25, 0.3) is 0 Å². The quantitative estimate of drug-likeness (QED) is 0.840. The molecule has 0 aliphatic carbocycles. The summed E-state index contributed by atoms with van der Waals surface area (Å²) >= 11 is 6.30. The van der Waals surface area contributed by atoms with Crippen LogP contribution >= 0.6 is 11.6 Å². The van der Waals surface area contributed by atoms with Gasteiger partial charge in [0.25, 0.3) is 0 Å². The number of aromatic amines is 1. The number of ether oxygens (including phenoxy) is 1. The summed E-state index contributed by atoms with van der Waals surface area (Å²) in [6, 6.07) is 5.85. The smallest absolute Gasteiger partial charge is 0.151 e. The van der Waals surface area contributed by atoms with E-state index in [4.69, 9.17) is 16.3 Å². The zero-order valence-electron chi connectivity index (χ0n) is 14.0. The van der Waals surface area contributed by atoms with Crippen molar-refractivity contribution in [3.63, 3.8) is 0 Å². The second-order valence-electron chi connectivity index (χ2n) is 6.22. The highest BCUT2D eigenvalue weighted by atomic mass is 35.5. The number of hydrogen-bond acceptors (Lipinski definition) is 4. The van der Waals surface area contributed by atoms with Gasteiger partial charge in [-0.05, 0) is 24.1 Å². The molecule has 0 fully saturated rings. The van der Waals surface area contributed by atoms with Gasteiger partial charge in [0.15, 0.2) is 5.15 Å². The number of nitrogens with zero attached hydrogens (tertiary/aromatic N) is 2. The fraction of sp³-hybridized carbons (Fsp3) is 0.500. The molecule has 6 heteroatoms. The number of aryl methyl sites for hydroxylation is 1. The van der Waals surface area contributed by atoms with Crippen molar-refractivity contribution < 1.29 is 9.84 Å². The predicted molar refractivity (Wildman–Crippen MR) is 94.2 cm³/mol. The Hall–Kier alpha value is -1.56. The highest BCUT2D eigenvalue weighted by Crippen LogP contribution is 2.26. The number of halogens is 1. The molecule has 2 N–H and O–H groups in total. The summed E-state index contributed by atoms with van der Waals surface area (Å²) in [6.45, 7) is 5.15. The summed E-state index contributed by atoms with van der Waals surface area (Å²) in [6.07, 6.45) is 3.18. The number of aromatic nitrogens is 2. The Kier molecular flexibility index (Phi) is 5.76. The number of rotatable bonds is 6. The lowest BCUT2D eigenvalue weighted by molar-refractivity contribution is 0.218. The number of hydrogen-bond donors (Lipinski definition) is 2. The first kappa shape index (κ1) is 17.3. The first-order chi connectivity index (χ1) is 11.7. The lowest BCUT2D eigenvalue weighted by atomic mass is 10.1. The number of benzene rings is 1. The van der Waals surface area contributed by atoms with E-state index < -0.39 is 0 Å². The van der Waals surface area contributed by atoms with Gasteiger partial charge in [-0.25, -0.2) is 4.98 Å². The molecular formula is C18H24ClN3O2. The van der Waals surface area contributed by atoms with Crippen LogP contribution < -0.4 is 4.74 Å². The van der Waals surface area contributed by atoms with Crippen molar-refractivity contribution >= 4 is 11.6 Å². The fourth-order valence-electron chi connectivity index (χ4n) is 2.97. The van der Waals surface area contributed by atoms with Crippen molar-refractivity contribution in [3.8, 4) is 5.75 Å². The number of imidazole rings is 1. The molecule has 0 saturated heterocycles. The number of unbranched alkanes of at least 4 members (excludes halogenated alkanes) is 1. The van der Waals surface area contributed by atoms with E-state index in [2.05, 4.69) is 21.8 Å². The number of nitrogens with one attached hydrogen (secondary N) is 1. The van der Waals surface area contributed by atoms with Gasteiger partial charge in [-0.3, -0.25) is 4.90 Å². The first-order valence-electron chi connectivity index (χ1n) is 8.50. The van der Waals surface area contributed by atoms with Gasteiger partial charge >= 0.3 is 0 Å². The molecular weight excluding hydrogens is 326 g/mol. The molecule has 1 aromatic carbocycles. The van der Waals surface area contributed by atoms with E-state index in [-0.39, 0.29) is 6.61 Å². The first-order valence-corrected chi connectivity index (χ1v) is 8.88. The topological polar surface area (TPSA) is 61.4 Å². The van der Waals surface area contributed by atoms with E-state index >= 15 is 0 Å². The second kappa shape index (κ2) is 8.01. The van der Waals surface area contributed by atoms with E-state index in [0.717, 1.165) is 60.7 Å². The lowest BCUT2D eigenvalue weighted by Crippen LogP contribution is -2.25. The molecule has 2 aromatic rings. The largest absolute Gasteiger partial charge is 0.492 e. The van der Waals surface area contributed by atoms with E-state index in [0.29, 0.717) is 18.3 Å². The molecule has 3 rings (SSSR count). The molecule has 0 spiro atoms. The van der Waals surface area contributed by atoms with Gasteiger partial charge in [-0.2, -0.15) is 0 Å². The normalized spacial score (nSPS) is 15.0. The van der Waals surface area contributed by atoms with E-state index in [9.17, 15) is 5.11 Å². The van der Waals surface area contributed by atoms with Gasteiger partial charge < -0.3 is 14.8 Å². The summed E-state index contributed by atoms with van der Waals surface area (Å²) < 4.78 is 5.82. The van der Waals surface area contributed by atoms with Crippen molar-refractivity contribution in [1.82, 2.24) is 14.9 Å². The number of fused-ring (bicyclic) bond motifs is 1. The molecule has 0 unspecified atom stereocenters. The van der Waals surface area contributed by atoms with Crippen LogP contribution in [-0.2, 0) is 26.1 Å². The van der Waals surface area contributed by atoms with Crippen LogP contribution in [0.4, 0.5) is 0 Å². The van der Waals surface area contributed by atoms with Crippen LogP contribution in [0.5, 0.6) is 5.75 Å². The summed E-state index contributed by atoms with van der Waals surface area (Å²) in [5.74, 6) is 1.86. The maximum Gasteiger partial charge on any atom is 0.151 e. The minimum atomic E-state index is 0.0421. The lowest BCUT2D eigenvalue weighted by Gasteiger charge is -2.18. The molecule has 0 amide bonds. The van der Waals surface area contributed by atoms with Gasteiger partial charge in [0.1, 0.15) is 18.2 Å². The van der Waals surface area contributed by atoms with Crippen LogP contribution in [0.1, 0.15) is 42.4 Å². The summed E-state index contributed by atoms with van der Waals surface area (Å²) in [4.78, 5) is 10.1. The molecule has 130 valence electrons. The van der Waals surface area contributed by atoms with Gasteiger partial charge in [-0.1, -0.05) is 31.0 Å². The molecule has 5 nitrogen and oxygen atoms in total. The minimum absolute atomic E-state index is 0.0421. The minimum Gasteiger partial charge on any atom is -0.492 e. The van der Waals surface area contributed by atoms with Crippen LogP contribution in [0.2, 0.25) is 5.15 Å². The van der Waals surface area contributed by atoms with Crippen LogP contribution in [0.3, 0.4) is 0 Å². The van der Waals surface area contributed by atoms with Crippen molar-refractivity contribution in [3.05, 3.63) is 46.0 Å². The monoisotopic (exact) mass is 349 g/mol. The Balaban J connectivity index is 1.72. The maximum absolute atomic E-state index is 9.34. The third-order valence-electron chi connectivity index (χ3n) is 4.29. The number of aliphatic hydroxyl groups is 1. The standard InChI is InChI=1S/C18H24ClN3O2/c1-2-3-4-17-20-15(18(19)21-17)11-22-7-8-24-16-6-5-13(12-23)9-14(16)10-22/h5-6,9,23H,2-4,7-8,10-12H2,1H3,(H,20,21). The van der Waals surface area contributed by atoms with Gasteiger partial charge in [-0.15, -0.1) is 0 Å². The second-order valence-corrected chi connectivity index (χ2v) is 6.57. The molecule has 1 aliphatic rings. The van der Waals surface area contributed by atoms with Gasteiger partial charge in [0, 0.05) is 31.6 Å². The van der Waals surface area contributed by atoms with Crippen LogP contribution in [-0.4, -0.2) is 33.1 Å². The molecule has 24 heavy (non-hydrogen) atoms. The molecule has 0 radical (unpaired) electrons. The molecule has 0 bridgehead atoms. The van der Waals surface area contributed by atoms with Crippen molar-refractivity contribution in [2.45, 2.75) is 45.9 Å². The average Bonchev–Trinajstić information content (AvgIpc) is 2.80. The highest BCUT2D eigenvalue weighted by Gasteiger charge is 2.18. The summed E-state index contributed by atoms with van der Waals surface area (Å²) in [5.41, 5.74) is 2.96.